The van der Waals surface area contributed by atoms with Gasteiger partial charge in [-0.3, -0.25) is 0 Å². The Morgan fingerprint density at radius 3 is 2.67 bits per heavy atom. The predicted octanol–water partition coefficient (Wildman–Crippen LogP) is 2.79. The van der Waals surface area contributed by atoms with Gasteiger partial charge in [0.2, 0.25) is 0 Å². The van der Waals surface area contributed by atoms with E-state index in [-0.39, 0.29) is 11.6 Å². The van der Waals surface area contributed by atoms with Crippen LogP contribution in [0.2, 0.25) is 0 Å². The third-order valence-corrected chi connectivity index (χ3v) is 3.29. The molecule has 0 aromatic carbocycles. The molecule has 0 saturated heterocycles. The van der Waals surface area contributed by atoms with Crippen LogP contribution < -0.4 is 0 Å². The zero-order valence-corrected chi connectivity index (χ0v) is 9.92. The maximum atomic E-state index is 13.5. The number of rotatable bonds is 1. The van der Waals surface area contributed by atoms with Gasteiger partial charge in [-0.2, -0.15) is 5.10 Å². The lowest BCUT2D eigenvalue weighted by Crippen LogP contribution is -2.04. The summed E-state index contributed by atoms with van der Waals surface area (Å²) >= 11 is 3.39. The quantitative estimate of drug-likeness (QED) is 0.797. The van der Waals surface area contributed by atoms with E-state index in [9.17, 15) is 4.39 Å². The van der Waals surface area contributed by atoms with Crippen molar-refractivity contribution in [3.63, 3.8) is 0 Å². The standard InChI is InChI=1S/C10H9BrFN3/c1-6-9(11)7(2)15(14-6)10-8(12)4-3-5-13-10/h3-5H,1-2H3. The van der Waals surface area contributed by atoms with E-state index in [4.69, 9.17) is 0 Å². The molecule has 5 heteroatoms. The fourth-order valence-electron chi connectivity index (χ4n) is 1.36. The Bertz CT molecular complexity index is 507. The van der Waals surface area contributed by atoms with Crippen molar-refractivity contribution in [3.05, 3.63) is 40.0 Å². The SMILES string of the molecule is Cc1nn(-c2ncccc2F)c(C)c1Br. The number of hydrogen-bond donors (Lipinski definition) is 0. The molecule has 0 atom stereocenters. The molecule has 0 bridgehead atoms. The highest BCUT2D eigenvalue weighted by Crippen LogP contribution is 2.22. The van der Waals surface area contributed by atoms with Gasteiger partial charge in [-0.15, -0.1) is 0 Å². The molecular weight excluding hydrogens is 261 g/mol. The highest BCUT2D eigenvalue weighted by molar-refractivity contribution is 9.10. The molecule has 0 radical (unpaired) electrons. The predicted molar refractivity (Wildman–Crippen MR) is 58.5 cm³/mol. The molecule has 2 heterocycles. The fraction of sp³-hybridized carbons (Fsp3) is 0.200. The lowest BCUT2D eigenvalue weighted by atomic mass is 10.4. The van der Waals surface area contributed by atoms with Crippen molar-refractivity contribution in [3.8, 4) is 5.82 Å². The Labute approximate surface area is 95.1 Å². The van der Waals surface area contributed by atoms with Crippen molar-refractivity contribution in [1.82, 2.24) is 14.8 Å². The summed E-state index contributed by atoms with van der Waals surface area (Å²) in [5.41, 5.74) is 1.66. The van der Waals surface area contributed by atoms with Gasteiger partial charge in [-0.1, -0.05) is 0 Å². The first-order valence-electron chi connectivity index (χ1n) is 4.44. The Kier molecular flexibility index (Phi) is 2.56. The molecule has 0 fully saturated rings. The normalized spacial score (nSPS) is 10.7. The number of aromatic nitrogens is 3. The van der Waals surface area contributed by atoms with Gasteiger partial charge in [0.05, 0.1) is 15.9 Å². The average molecular weight is 270 g/mol. The maximum Gasteiger partial charge on any atom is 0.189 e. The maximum absolute atomic E-state index is 13.5. The Morgan fingerprint density at radius 2 is 2.13 bits per heavy atom. The lowest BCUT2D eigenvalue weighted by molar-refractivity contribution is 0.597. The van der Waals surface area contributed by atoms with Crippen LogP contribution in [0.5, 0.6) is 0 Å². The second-order valence-electron chi connectivity index (χ2n) is 3.21. The molecular formula is C10H9BrFN3. The number of nitrogens with zero attached hydrogens (tertiary/aromatic N) is 3. The summed E-state index contributed by atoms with van der Waals surface area (Å²) in [5, 5.41) is 4.21. The van der Waals surface area contributed by atoms with Crippen molar-refractivity contribution in [1.29, 1.82) is 0 Å². The summed E-state index contributed by atoms with van der Waals surface area (Å²) in [6.45, 7) is 3.71. The van der Waals surface area contributed by atoms with Gasteiger partial charge < -0.3 is 0 Å². The van der Waals surface area contributed by atoms with Crippen molar-refractivity contribution < 1.29 is 4.39 Å². The third-order valence-electron chi connectivity index (χ3n) is 2.14. The van der Waals surface area contributed by atoms with E-state index in [1.807, 2.05) is 13.8 Å². The number of halogens is 2. The smallest absolute Gasteiger partial charge is 0.189 e. The zero-order valence-electron chi connectivity index (χ0n) is 8.33. The van der Waals surface area contributed by atoms with Crippen LogP contribution in [0.25, 0.3) is 5.82 Å². The summed E-state index contributed by atoms with van der Waals surface area (Å²) in [7, 11) is 0. The second kappa shape index (κ2) is 3.73. The summed E-state index contributed by atoms with van der Waals surface area (Å²) in [6, 6.07) is 2.92. The Hall–Kier alpha value is -1.23. The minimum absolute atomic E-state index is 0.226. The molecule has 2 aromatic heterocycles. The highest BCUT2D eigenvalue weighted by Gasteiger charge is 2.13. The van der Waals surface area contributed by atoms with Gasteiger partial charge in [-0.05, 0) is 41.9 Å². The summed E-state index contributed by atoms with van der Waals surface area (Å²) in [4.78, 5) is 3.97. The molecule has 3 nitrogen and oxygen atoms in total. The van der Waals surface area contributed by atoms with Crippen molar-refractivity contribution in [2.24, 2.45) is 0 Å². The van der Waals surface area contributed by atoms with Gasteiger partial charge in [0.15, 0.2) is 11.6 Å². The largest absolute Gasteiger partial charge is 0.235 e. The lowest BCUT2D eigenvalue weighted by Gasteiger charge is -2.03. The van der Waals surface area contributed by atoms with E-state index in [0.717, 1.165) is 15.9 Å². The molecule has 0 saturated carbocycles. The Morgan fingerprint density at radius 1 is 1.40 bits per heavy atom. The molecule has 0 N–H and O–H groups in total. The van der Waals surface area contributed by atoms with Crippen LogP contribution >= 0.6 is 15.9 Å². The second-order valence-corrected chi connectivity index (χ2v) is 4.00. The van der Waals surface area contributed by atoms with E-state index in [0.29, 0.717) is 0 Å². The van der Waals surface area contributed by atoms with E-state index in [1.54, 1.807) is 12.3 Å². The minimum atomic E-state index is -0.379. The Balaban J connectivity index is 2.65. The monoisotopic (exact) mass is 269 g/mol. The van der Waals surface area contributed by atoms with Crippen LogP contribution in [0.15, 0.2) is 22.8 Å². The van der Waals surface area contributed by atoms with Crippen molar-refractivity contribution in [2.75, 3.05) is 0 Å². The summed E-state index contributed by atoms with van der Waals surface area (Å²) in [6.07, 6.45) is 1.54. The van der Waals surface area contributed by atoms with Gasteiger partial charge in [0.25, 0.3) is 0 Å². The third kappa shape index (κ3) is 1.67. The molecule has 0 aliphatic heterocycles. The van der Waals surface area contributed by atoms with Gasteiger partial charge in [-0.25, -0.2) is 14.1 Å². The summed E-state index contributed by atoms with van der Waals surface area (Å²) < 4.78 is 15.8. The van der Waals surface area contributed by atoms with E-state index in [1.165, 1.54) is 10.7 Å². The van der Waals surface area contributed by atoms with Crippen LogP contribution in [0.3, 0.4) is 0 Å². The van der Waals surface area contributed by atoms with E-state index < -0.39 is 0 Å². The molecule has 0 aliphatic rings. The molecule has 0 amide bonds. The molecule has 0 spiro atoms. The van der Waals surface area contributed by atoms with Crippen LogP contribution in [0.1, 0.15) is 11.4 Å². The average Bonchev–Trinajstić information content (AvgIpc) is 2.47. The van der Waals surface area contributed by atoms with Gasteiger partial charge in [0.1, 0.15) is 0 Å². The number of pyridine rings is 1. The summed E-state index contributed by atoms with van der Waals surface area (Å²) in [5.74, 6) is -0.153. The number of aryl methyl sites for hydroxylation is 1. The zero-order chi connectivity index (χ0) is 11.0. The molecule has 0 unspecified atom stereocenters. The highest BCUT2D eigenvalue weighted by atomic mass is 79.9. The molecule has 2 rings (SSSR count). The molecule has 15 heavy (non-hydrogen) atoms. The first-order chi connectivity index (χ1) is 7.11. The molecule has 2 aromatic rings. The molecule has 78 valence electrons. The first kappa shape index (κ1) is 10.3. The minimum Gasteiger partial charge on any atom is -0.235 e. The number of hydrogen-bond acceptors (Lipinski definition) is 2. The van der Waals surface area contributed by atoms with Crippen LogP contribution in [0, 0.1) is 19.7 Å². The van der Waals surface area contributed by atoms with Crippen LogP contribution in [-0.2, 0) is 0 Å². The fourth-order valence-corrected chi connectivity index (χ4v) is 1.61. The molecule has 0 aliphatic carbocycles. The topological polar surface area (TPSA) is 30.7 Å². The van der Waals surface area contributed by atoms with Crippen LogP contribution in [-0.4, -0.2) is 14.8 Å². The van der Waals surface area contributed by atoms with Gasteiger partial charge >= 0.3 is 0 Å². The van der Waals surface area contributed by atoms with Gasteiger partial charge in [0, 0.05) is 6.20 Å². The van der Waals surface area contributed by atoms with Crippen LogP contribution in [0.4, 0.5) is 4.39 Å². The van der Waals surface area contributed by atoms with Crippen molar-refractivity contribution in [2.45, 2.75) is 13.8 Å². The first-order valence-corrected chi connectivity index (χ1v) is 5.23. The van der Waals surface area contributed by atoms with Crippen molar-refractivity contribution >= 4 is 15.9 Å². The van der Waals surface area contributed by atoms with E-state index in [2.05, 4.69) is 26.0 Å². The van der Waals surface area contributed by atoms with E-state index >= 15 is 0 Å².